The molecule has 0 radical (unpaired) electrons. The maximum Gasteiger partial charge on any atom is 0.356 e. The molecule has 5 nitrogen and oxygen atoms in total. The molecule has 0 bridgehead atoms. The van der Waals surface area contributed by atoms with Crippen LogP contribution < -0.4 is 0 Å². The highest BCUT2D eigenvalue weighted by Crippen LogP contribution is 2.08. The lowest BCUT2D eigenvalue weighted by molar-refractivity contribution is 0.0590. The largest absolute Gasteiger partial charge is 0.464 e. The molecule has 0 spiro atoms. The van der Waals surface area contributed by atoms with Crippen molar-refractivity contribution in [3.63, 3.8) is 0 Å². The third-order valence-electron chi connectivity index (χ3n) is 1.75. The first-order chi connectivity index (χ1) is 6.74. The summed E-state index contributed by atoms with van der Waals surface area (Å²) in [7, 11) is 1.24. The molecule has 0 saturated heterocycles. The van der Waals surface area contributed by atoms with Crippen LogP contribution in [-0.4, -0.2) is 27.7 Å². The molecule has 0 aliphatic heterocycles. The number of aromatic nitrogens is 3. The van der Waals surface area contributed by atoms with Gasteiger partial charge in [-0.3, -0.25) is 0 Å². The highest BCUT2D eigenvalue weighted by molar-refractivity contribution is 5.87. The van der Waals surface area contributed by atoms with Crippen LogP contribution in [0.5, 0.6) is 0 Å². The molecule has 0 aliphatic rings. The number of rotatable bonds is 1. The van der Waals surface area contributed by atoms with Crippen LogP contribution in [0.15, 0.2) is 18.5 Å². The molecule has 72 valence electrons. The van der Waals surface area contributed by atoms with E-state index in [2.05, 4.69) is 14.8 Å². The van der Waals surface area contributed by atoms with Crippen LogP contribution in [0.2, 0.25) is 0 Å². The summed E-state index contributed by atoms with van der Waals surface area (Å²) in [5.74, 6) is -1.16. The number of carbonyl (C=O) groups excluding carboxylic acids is 1. The second kappa shape index (κ2) is 3.06. The molecule has 2 aromatic heterocycles. The van der Waals surface area contributed by atoms with Crippen molar-refractivity contribution in [1.82, 2.24) is 14.6 Å². The maximum atomic E-state index is 13.0. The topological polar surface area (TPSA) is 56.5 Å². The van der Waals surface area contributed by atoms with Crippen LogP contribution in [0, 0.1) is 5.82 Å². The van der Waals surface area contributed by atoms with Crippen LogP contribution in [0.3, 0.4) is 0 Å². The molecule has 2 heterocycles. The van der Waals surface area contributed by atoms with Crippen molar-refractivity contribution in [3.8, 4) is 0 Å². The van der Waals surface area contributed by atoms with Crippen molar-refractivity contribution >= 4 is 11.6 Å². The summed E-state index contributed by atoms with van der Waals surface area (Å²) in [6.07, 6.45) is 2.32. The maximum absolute atomic E-state index is 13.0. The molecule has 0 N–H and O–H groups in total. The van der Waals surface area contributed by atoms with Gasteiger partial charge in [-0.15, -0.1) is 0 Å². The van der Waals surface area contributed by atoms with Crippen molar-refractivity contribution in [3.05, 3.63) is 30.0 Å². The van der Waals surface area contributed by atoms with Crippen LogP contribution in [0.4, 0.5) is 4.39 Å². The fourth-order valence-electron chi connectivity index (χ4n) is 1.12. The minimum absolute atomic E-state index is 0.00731. The van der Waals surface area contributed by atoms with Gasteiger partial charge in [-0.1, -0.05) is 0 Å². The Labute approximate surface area is 78.1 Å². The zero-order valence-electron chi connectivity index (χ0n) is 7.27. The lowest BCUT2D eigenvalue weighted by Crippen LogP contribution is -2.09. The number of hydrogen-bond acceptors (Lipinski definition) is 4. The first kappa shape index (κ1) is 8.61. The predicted molar refractivity (Wildman–Crippen MR) is 44.3 cm³/mol. The van der Waals surface area contributed by atoms with Crippen molar-refractivity contribution in [1.29, 1.82) is 0 Å². The van der Waals surface area contributed by atoms with E-state index in [0.717, 1.165) is 10.7 Å². The molecule has 0 fully saturated rings. The molecule has 2 aromatic rings. The summed E-state index contributed by atoms with van der Waals surface area (Å²) in [6, 6.07) is 1.41. The number of esters is 1. The molecule has 0 saturated carbocycles. The van der Waals surface area contributed by atoms with Crippen molar-refractivity contribution in [2.24, 2.45) is 0 Å². The van der Waals surface area contributed by atoms with Gasteiger partial charge in [0.15, 0.2) is 17.2 Å². The lowest BCUT2D eigenvalue weighted by atomic mass is 10.4. The van der Waals surface area contributed by atoms with Gasteiger partial charge in [0.05, 0.1) is 13.3 Å². The SMILES string of the molecule is COC(=O)c1ccnc2c(F)cnn12. The molecule has 6 heteroatoms. The first-order valence-corrected chi connectivity index (χ1v) is 3.80. The Hall–Kier alpha value is -1.98. The summed E-state index contributed by atoms with van der Waals surface area (Å²) in [6.45, 7) is 0. The molecule has 14 heavy (non-hydrogen) atoms. The Morgan fingerprint density at radius 1 is 1.64 bits per heavy atom. The highest BCUT2D eigenvalue weighted by Gasteiger charge is 2.13. The summed E-state index contributed by atoms with van der Waals surface area (Å²) in [5, 5.41) is 3.67. The van der Waals surface area contributed by atoms with Gasteiger partial charge in [-0.05, 0) is 6.07 Å². The molecule has 0 atom stereocenters. The monoisotopic (exact) mass is 195 g/mol. The standard InChI is InChI=1S/C8H6FN3O2/c1-14-8(13)6-2-3-10-7-5(9)4-11-12(6)7/h2-4H,1H3. The minimum atomic E-state index is -0.583. The van der Waals surface area contributed by atoms with E-state index in [1.807, 2.05) is 0 Å². The van der Waals surface area contributed by atoms with E-state index in [9.17, 15) is 9.18 Å². The molecule has 0 aliphatic carbocycles. The highest BCUT2D eigenvalue weighted by atomic mass is 19.1. The third-order valence-corrected chi connectivity index (χ3v) is 1.75. The molecular formula is C8H6FN3O2. The molecule has 0 amide bonds. The number of carbonyl (C=O) groups is 1. The third kappa shape index (κ3) is 1.12. The van der Waals surface area contributed by atoms with Crippen molar-refractivity contribution < 1.29 is 13.9 Å². The number of fused-ring (bicyclic) bond motifs is 1. The van der Waals surface area contributed by atoms with Gasteiger partial charge in [0.1, 0.15) is 0 Å². The van der Waals surface area contributed by atoms with E-state index < -0.39 is 11.8 Å². The molecule has 2 rings (SSSR count). The number of methoxy groups -OCH3 is 1. The van der Waals surface area contributed by atoms with Gasteiger partial charge < -0.3 is 4.74 Å². The van der Waals surface area contributed by atoms with E-state index in [1.165, 1.54) is 19.4 Å². The summed E-state index contributed by atoms with van der Waals surface area (Å²) >= 11 is 0. The fourth-order valence-corrected chi connectivity index (χ4v) is 1.12. The number of ether oxygens (including phenoxy) is 1. The average molecular weight is 195 g/mol. The average Bonchev–Trinajstić information content (AvgIpc) is 2.59. The zero-order chi connectivity index (χ0) is 10.1. The van der Waals surface area contributed by atoms with Crippen LogP contribution >= 0.6 is 0 Å². The van der Waals surface area contributed by atoms with E-state index >= 15 is 0 Å². The lowest BCUT2D eigenvalue weighted by Gasteiger charge is -2.00. The molecule has 0 unspecified atom stereocenters. The Balaban J connectivity index is 2.71. The smallest absolute Gasteiger partial charge is 0.356 e. The van der Waals surface area contributed by atoms with Gasteiger partial charge in [0.2, 0.25) is 0 Å². The van der Waals surface area contributed by atoms with Crippen molar-refractivity contribution in [2.75, 3.05) is 7.11 Å². The zero-order valence-corrected chi connectivity index (χ0v) is 7.27. The molecule has 0 aromatic carbocycles. The van der Waals surface area contributed by atoms with E-state index in [-0.39, 0.29) is 11.3 Å². The van der Waals surface area contributed by atoms with E-state index in [1.54, 1.807) is 0 Å². The Kier molecular flexibility index (Phi) is 1.88. The number of hydrogen-bond donors (Lipinski definition) is 0. The summed E-state index contributed by atoms with van der Waals surface area (Å²) in [5.41, 5.74) is 0.148. The van der Waals surface area contributed by atoms with Gasteiger partial charge in [-0.25, -0.2) is 18.7 Å². The quantitative estimate of drug-likeness (QED) is 0.627. The second-order valence-corrected chi connectivity index (χ2v) is 2.55. The minimum Gasteiger partial charge on any atom is -0.464 e. The van der Waals surface area contributed by atoms with Crippen LogP contribution in [-0.2, 0) is 4.74 Å². The van der Waals surface area contributed by atoms with Gasteiger partial charge in [0, 0.05) is 6.20 Å². The first-order valence-electron chi connectivity index (χ1n) is 3.80. The second-order valence-electron chi connectivity index (χ2n) is 2.55. The normalized spacial score (nSPS) is 10.4. The Morgan fingerprint density at radius 3 is 3.14 bits per heavy atom. The number of nitrogens with zero attached hydrogens (tertiary/aromatic N) is 3. The van der Waals surface area contributed by atoms with Gasteiger partial charge in [0.25, 0.3) is 0 Å². The Bertz CT molecular complexity index is 494. The summed E-state index contributed by atoms with van der Waals surface area (Å²) < 4.78 is 18.6. The van der Waals surface area contributed by atoms with Crippen LogP contribution in [0.25, 0.3) is 5.65 Å². The van der Waals surface area contributed by atoms with Gasteiger partial charge in [-0.2, -0.15) is 5.10 Å². The van der Waals surface area contributed by atoms with Crippen molar-refractivity contribution in [2.45, 2.75) is 0 Å². The van der Waals surface area contributed by atoms with Crippen LogP contribution in [0.1, 0.15) is 10.5 Å². The molecular weight excluding hydrogens is 189 g/mol. The fraction of sp³-hybridized carbons (Fsp3) is 0.125. The van der Waals surface area contributed by atoms with E-state index in [4.69, 9.17) is 0 Å². The Morgan fingerprint density at radius 2 is 2.43 bits per heavy atom. The van der Waals surface area contributed by atoms with Gasteiger partial charge >= 0.3 is 5.97 Å². The van der Waals surface area contributed by atoms with E-state index in [0.29, 0.717) is 0 Å². The predicted octanol–water partition coefficient (Wildman–Crippen LogP) is 0.655. The summed E-state index contributed by atoms with van der Waals surface area (Å²) in [4.78, 5) is 14.9. The number of halogens is 1.